The molecule has 0 saturated carbocycles. The zero-order valence-electron chi connectivity index (χ0n) is 23.0. The van der Waals surface area contributed by atoms with Crippen LogP contribution < -0.4 is 19.5 Å². The third-order valence-electron chi connectivity index (χ3n) is 7.78. The third-order valence-corrected chi connectivity index (χ3v) is 7.78. The van der Waals surface area contributed by atoms with Crippen molar-refractivity contribution in [2.24, 2.45) is 4.99 Å². The maximum absolute atomic E-state index is 6.74. The average molecular weight is 533 g/mol. The van der Waals surface area contributed by atoms with Gasteiger partial charge in [0.1, 0.15) is 17.2 Å². The maximum Gasteiger partial charge on any atom is 0.633 e. The smallest absolute Gasteiger partial charge is 0.521 e. The van der Waals surface area contributed by atoms with E-state index in [1.165, 1.54) is 0 Å². The van der Waals surface area contributed by atoms with Gasteiger partial charge in [0.25, 0.3) is 0 Å². The van der Waals surface area contributed by atoms with Crippen LogP contribution in [0.25, 0.3) is 32.7 Å². The summed E-state index contributed by atoms with van der Waals surface area (Å²) in [7, 11) is 1.02. The number of methoxy groups -OCH3 is 1. The van der Waals surface area contributed by atoms with Gasteiger partial charge >= 0.3 is 7.12 Å². The lowest BCUT2D eigenvalue weighted by molar-refractivity contribution is 0.414. The van der Waals surface area contributed by atoms with Crippen molar-refractivity contribution in [2.45, 2.75) is 13.0 Å². The second-order valence-electron chi connectivity index (χ2n) is 10.2. The van der Waals surface area contributed by atoms with E-state index in [9.17, 15) is 0 Å². The van der Waals surface area contributed by atoms with Gasteiger partial charge in [-0.25, -0.2) is 0 Å². The van der Waals surface area contributed by atoms with Gasteiger partial charge < -0.3 is 14.0 Å². The van der Waals surface area contributed by atoms with Crippen molar-refractivity contribution < 1.29 is 14.0 Å². The summed E-state index contributed by atoms with van der Waals surface area (Å²) in [6.45, 7) is 2.09. The first-order chi connectivity index (χ1) is 20.2. The molecule has 0 amide bonds. The van der Waals surface area contributed by atoms with E-state index in [1.54, 1.807) is 7.11 Å². The van der Waals surface area contributed by atoms with E-state index >= 15 is 0 Å². The molecule has 0 N–H and O–H groups in total. The molecule has 7 rings (SSSR count). The zero-order valence-corrected chi connectivity index (χ0v) is 23.0. The molecule has 0 saturated heterocycles. The van der Waals surface area contributed by atoms with E-state index in [2.05, 4.69) is 91.9 Å². The summed E-state index contributed by atoms with van der Waals surface area (Å²) in [6, 6.07) is 41.4. The summed E-state index contributed by atoms with van der Waals surface area (Å²) in [5, 5.41) is 4.59. The molecule has 1 aliphatic heterocycles. The Morgan fingerprint density at radius 2 is 1.22 bits per heavy atom. The van der Waals surface area contributed by atoms with Gasteiger partial charge in [0.2, 0.25) is 0 Å². The second-order valence-corrected chi connectivity index (χ2v) is 10.2. The van der Waals surface area contributed by atoms with E-state index in [1.807, 2.05) is 42.6 Å². The molecule has 198 valence electrons. The standard InChI is InChI=1S/C36H28BNO3/c1-24(25-15-19-29(39-2)20-16-25)38-23-28-11-5-8-14-32(28)37-40-33-21-17-26-9-3-6-12-30(26)35(33)36-31-13-7-4-10-27(31)18-22-34(36)41-37/h3-24H,1-2H3/t24-/m1/s1. The molecule has 4 nitrogen and oxygen atoms in total. The van der Waals surface area contributed by atoms with Crippen LogP contribution in [-0.4, -0.2) is 20.4 Å². The summed E-state index contributed by atoms with van der Waals surface area (Å²) >= 11 is 0. The summed E-state index contributed by atoms with van der Waals surface area (Å²) < 4.78 is 18.8. The normalized spacial score (nSPS) is 13.3. The van der Waals surface area contributed by atoms with Crippen molar-refractivity contribution in [3.63, 3.8) is 0 Å². The highest BCUT2D eigenvalue weighted by Crippen LogP contribution is 2.47. The molecule has 5 heteroatoms. The maximum atomic E-state index is 6.74. The molecule has 0 radical (unpaired) electrons. The lowest BCUT2D eigenvalue weighted by Crippen LogP contribution is -2.44. The number of benzene rings is 6. The number of nitrogens with zero attached hydrogens (tertiary/aromatic N) is 1. The topological polar surface area (TPSA) is 40.0 Å². The Kier molecular flexibility index (Phi) is 6.40. The van der Waals surface area contributed by atoms with Crippen LogP contribution in [0, 0.1) is 0 Å². The summed E-state index contributed by atoms with van der Waals surface area (Å²) in [4.78, 5) is 4.89. The molecule has 41 heavy (non-hydrogen) atoms. The first-order valence-electron chi connectivity index (χ1n) is 13.8. The van der Waals surface area contributed by atoms with Gasteiger partial charge in [-0.05, 0) is 63.9 Å². The molecule has 6 aromatic carbocycles. The lowest BCUT2D eigenvalue weighted by Gasteiger charge is -2.17. The van der Waals surface area contributed by atoms with E-state index in [-0.39, 0.29) is 6.04 Å². The molecule has 0 aromatic heterocycles. The van der Waals surface area contributed by atoms with Crippen molar-refractivity contribution in [1.82, 2.24) is 0 Å². The molecular formula is C36H28BNO3. The number of aliphatic imine (C=N–C) groups is 1. The summed E-state index contributed by atoms with van der Waals surface area (Å²) in [6.07, 6.45) is 1.92. The molecule has 1 aliphatic rings. The largest absolute Gasteiger partial charge is 0.633 e. The van der Waals surface area contributed by atoms with E-state index in [4.69, 9.17) is 19.0 Å². The highest BCUT2D eigenvalue weighted by Gasteiger charge is 2.34. The van der Waals surface area contributed by atoms with Crippen LogP contribution in [0.1, 0.15) is 24.1 Å². The fraction of sp³-hybridized carbons (Fsp3) is 0.0833. The molecule has 0 aliphatic carbocycles. The van der Waals surface area contributed by atoms with Crippen molar-refractivity contribution in [3.05, 3.63) is 132 Å². The first kappa shape index (κ1) is 25.0. The van der Waals surface area contributed by atoms with E-state index in [0.717, 1.165) is 66.5 Å². The molecule has 0 spiro atoms. The predicted octanol–water partition coefficient (Wildman–Crippen LogP) is 8.02. The first-order valence-corrected chi connectivity index (χ1v) is 13.8. The van der Waals surface area contributed by atoms with Crippen molar-refractivity contribution >= 4 is 40.3 Å². The number of hydrogen-bond donors (Lipinski definition) is 0. The molecule has 0 bridgehead atoms. The molecular weight excluding hydrogens is 505 g/mol. The Hall–Kier alpha value is -5.03. The van der Waals surface area contributed by atoms with Gasteiger partial charge in [0, 0.05) is 22.8 Å². The minimum Gasteiger partial charge on any atom is -0.521 e. The highest BCUT2D eigenvalue weighted by atomic mass is 16.6. The van der Waals surface area contributed by atoms with Crippen LogP contribution in [0.5, 0.6) is 17.2 Å². The van der Waals surface area contributed by atoms with Crippen LogP contribution in [0.3, 0.4) is 0 Å². The average Bonchev–Trinajstić information content (AvgIpc) is 3.21. The van der Waals surface area contributed by atoms with Gasteiger partial charge in [-0.1, -0.05) is 97.1 Å². The van der Waals surface area contributed by atoms with E-state index in [0.29, 0.717) is 0 Å². The second kappa shape index (κ2) is 10.5. The Bertz CT molecular complexity index is 1830. The van der Waals surface area contributed by atoms with E-state index < -0.39 is 7.12 Å². The van der Waals surface area contributed by atoms with Gasteiger partial charge in [-0.3, -0.25) is 4.99 Å². The Morgan fingerprint density at radius 3 is 1.83 bits per heavy atom. The van der Waals surface area contributed by atoms with Gasteiger partial charge in [0.15, 0.2) is 0 Å². The molecule has 0 unspecified atom stereocenters. The minimum atomic E-state index is -0.656. The van der Waals surface area contributed by atoms with Crippen LogP contribution in [0.4, 0.5) is 0 Å². The highest BCUT2D eigenvalue weighted by molar-refractivity contribution is 6.64. The molecule has 6 aromatic rings. The zero-order chi connectivity index (χ0) is 27.8. The fourth-order valence-corrected chi connectivity index (χ4v) is 5.60. The van der Waals surface area contributed by atoms with Crippen LogP contribution in [0.15, 0.2) is 126 Å². The van der Waals surface area contributed by atoms with Crippen molar-refractivity contribution in [3.8, 4) is 28.4 Å². The van der Waals surface area contributed by atoms with Crippen molar-refractivity contribution in [2.75, 3.05) is 7.11 Å². The van der Waals surface area contributed by atoms with Crippen molar-refractivity contribution in [1.29, 1.82) is 0 Å². The van der Waals surface area contributed by atoms with Gasteiger partial charge in [-0.2, -0.15) is 0 Å². The van der Waals surface area contributed by atoms with Crippen LogP contribution in [-0.2, 0) is 0 Å². The number of fused-ring (bicyclic) bond motifs is 7. The van der Waals surface area contributed by atoms with Crippen LogP contribution >= 0.6 is 0 Å². The third kappa shape index (κ3) is 4.59. The molecule has 0 fully saturated rings. The van der Waals surface area contributed by atoms with Gasteiger partial charge in [-0.15, -0.1) is 0 Å². The minimum absolute atomic E-state index is 0.0240. The summed E-state index contributed by atoms with van der Waals surface area (Å²) in [5.41, 5.74) is 5.08. The molecule has 1 heterocycles. The van der Waals surface area contributed by atoms with Crippen LogP contribution in [0.2, 0.25) is 0 Å². The fourth-order valence-electron chi connectivity index (χ4n) is 5.60. The summed E-state index contributed by atoms with van der Waals surface area (Å²) in [5.74, 6) is 2.42. The van der Waals surface area contributed by atoms with Gasteiger partial charge in [0.05, 0.1) is 13.2 Å². The predicted molar refractivity (Wildman–Crippen MR) is 169 cm³/mol. The number of ether oxygens (including phenoxy) is 1. The number of rotatable bonds is 5. The Morgan fingerprint density at radius 1 is 0.659 bits per heavy atom. The SMILES string of the molecule is COc1ccc([C@@H](C)N=Cc2ccccc2B2Oc3ccc4ccccc4c3-c3c(ccc4ccccc34)O2)cc1. The Labute approximate surface area is 240 Å². The lowest BCUT2D eigenvalue weighted by atomic mass is 9.75. The quantitative estimate of drug-likeness (QED) is 0.166. The monoisotopic (exact) mass is 533 g/mol. The Balaban J connectivity index is 1.33. The number of hydrogen-bond acceptors (Lipinski definition) is 4. The molecule has 1 atom stereocenters.